The zero-order chi connectivity index (χ0) is 21.1. The zero-order valence-electron chi connectivity index (χ0n) is 18.2. The van der Waals surface area contributed by atoms with Crippen molar-refractivity contribution in [2.24, 2.45) is 0 Å². The SMILES string of the molecule is Cc1cccc(N2CCN(C(=O)Nc3ccccc3N3CC(C)OC(C)C3)CC2)c1. The van der Waals surface area contributed by atoms with Crippen molar-refractivity contribution in [2.75, 3.05) is 54.4 Å². The van der Waals surface area contributed by atoms with Gasteiger partial charge in [-0.15, -0.1) is 0 Å². The van der Waals surface area contributed by atoms with Crippen LogP contribution < -0.4 is 15.1 Å². The van der Waals surface area contributed by atoms with Crippen LogP contribution in [0.2, 0.25) is 0 Å². The Morgan fingerprint density at radius 1 is 0.933 bits per heavy atom. The molecule has 2 atom stereocenters. The summed E-state index contributed by atoms with van der Waals surface area (Å²) in [5.41, 5.74) is 4.42. The standard InChI is InChI=1S/C24H32N4O2/c1-18-7-6-8-21(15-18)26-11-13-27(14-12-26)24(29)25-22-9-4-5-10-23(22)28-16-19(2)30-20(3)17-28/h4-10,15,19-20H,11-14,16-17H2,1-3H3,(H,25,29). The number of carbonyl (C=O) groups is 1. The molecule has 6 heteroatoms. The fourth-order valence-electron chi connectivity index (χ4n) is 4.42. The van der Waals surface area contributed by atoms with Crippen LogP contribution in [0.4, 0.5) is 21.9 Å². The summed E-state index contributed by atoms with van der Waals surface area (Å²) in [5.74, 6) is 0. The number of rotatable bonds is 3. The Labute approximate surface area is 179 Å². The van der Waals surface area contributed by atoms with E-state index in [4.69, 9.17) is 4.74 Å². The number of amides is 2. The average Bonchev–Trinajstić information content (AvgIpc) is 2.73. The zero-order valence-corrected chi connectivity index (χ0v) is 18.2. The predicted octanol–water partition coefficient (Wildman–Crippen LogP) is 3.96. The Balaban J connectivity index is 1.39. The smallest absolute Gasteiger partial charge is 0.322 e. The normalized spacial score (nSPS) is 22.2. The number of morpholine rings is 1. The van der Waals surface area contributed by atoms with Gasteiger partial charge in [0.05, 0.1) is 23.6 Å². The lowest BCUT2D eigenvalue weighted by molar-refractivity contribution is -0.00517. The monoisotopic (exact) mass is 408 g/mol. The van der Waals surface area contributed by atoms with Gasteiger partial charge in [-0.3, -0.25) is 0 Å². The summed E-state index contributed by atoms with van der Waals surface area (Å²) < 4.78 is 5.87. The fraction of sp³-hybridized carbons (Fsp3) is 0.458. The Morgan fingerprint density at radius 2 is 1.63 bits per heavy atom. The first kappa shape index (κ1) is 20.5. The van der Waals surface area contributed by atoms with Crippen molar-refractivity contribution in [3.63, 3.8) is 0 Å². The molecule has 6 nitrogen and oxygen atoms in total. The molecule has 2 aromatic rings. The molecule has 30 heavy (non-hydrogen) atoms. The van der Waals surface area contributed by atoms with Gasteiger partial charge in [-0.2, -0.15) is 0 Å². The molecule has 1 N–H and O–H groups in total. The van der Waals surface area contributed by atoms with Crippen LogP contribution in [-0.2, 0) is 4.74 Å². The topological polar surface area (TPSA) is 48.0 Å². The van der Waals surface area contributed by atoms with Gasteiger partial charge < -0.3 is 24.8 Å². The summed E-state index contributed by atoms with van der Waals surface area (Å²) in [5, 5.41) is 3.16. The van der Waals surface area contributed by atoms with Crippen LogP contribution >= 0.6 is 0 Å². The van der Waals surface area contributed by atoms with Crippen LogP contribution in [-0.4, -0.2) is 62.4 Å². The van der Waals surface area contributed by atoms with Gasteiger partial charge in [0.25, 0.3) is 0 Å². The molecular weight excluding hydrogens is 376 g/mol. The van der Waals surface area contributed by atoms with Crippen LogP contribution in [0.25, 0.3) is 0 Å². The Morgan fingerprint density at radius 3 is 2.33 bits per heavy atom. The quantitative estimate of drug-likeness (QED) is 0.835. The highest BCUT2D eigenvalue weighted by Crippen LogP contribution is 2.29. The highest BCUT2D eigenvalue weighted by atomic mass is 16.5. The van der Waals surface area contributed by atoms with Crippen molar-refractivity contribution in [3.8, 4) is 0 Å². The molecule has 0 aromatic heterocycles. The van der Waals surface area contributed by atoms with E-state index < -0.39 is 0 Å². The summed E-state index contributed by atoms with van der Waals surface area (Å²) in [6.45, 7) is 11.1. The van der Waals surface area contributed by atoms with Gasteiger partial charge in [-0.25, -0.2) is 4.79 Å². The molecule has 2 unspecified atom stereocenters. The lowest BCUT2D eigenvalue weighted by Gasteiger charge is -2.38. The van der Waals surface area contributed by atoms with Crippen LogP contribution in [0.3, 0.4) is 0 Å². The summed E-state index contributed by atoms with van der Waals surface area (Å²) >= 11 is 0. The van der Waals surface area contributed by atoms with Crippen LogP contribution in [0.15, 0.2) is 48.5 Å². The molecule has 0 spiro atoms. The van der Waals surface area contributed by atoms with Crippen molar-refractivity contribution in [1.29, 1.82) is 0 Å². The van der Waals surface area contributed by atoms with E-state index >= 15 is 0 Å². The van der Waals surface area contributed by atoms with Gasteiger partial charge >= 0.3 is 6.03 Å². The molecule has 160 valence electrons. The maximum atomic E-state index is 13.0. The summed E-state index contributed by atoms with van der Waals surface area (Å²) in [4.78, 5) is 19.6. The molecule has 0 radical (unpaired) electrons. The molecule has 2 fully saturated rings. The van der Waals surface area contributed by atoms with Crippen molar-refractivity contribution in [3.05, 3.63) is 54.1 Å². The van der Waals surface area contributed by atoms with Gasteiger partial charge in [0.2, 0.25) is 0 Å². The molecule has 2 aliphatic rings. The minimum absolute atomic E-state index is 0.0271. The van der Waals surface area contributed by atoms with E-state index in [1.54, 1.807) is 0 Å². The van der Waals surface area contributed by atoms with Gasteiger partial charge in [0, 0.05) is 45.0 Å². The number of ether oxygens (including phenoxy) is 1. The molecule has 2 saturated heterocycles. The minimum Gasteiger partial charge on any atom is -0.372 e. The molecule has 4 rings (SSSR count). The summed E-state index contributed by atoms with van der Waals surface area (Å²) in [6, 6.07) is 16.6. The summed E-state index contributed by atoms with van der Waals surface area (Å²) in [6.07, 6.45) is 0.347. The minimum atomic E-state index is -0.0271. The molecule has 0 aliphatic carbocycles. The maximum absolute atomic E-state index is 13.0. The first-order valence-electron chi connectivity index (χ1n) is 10.9. The van der Waals surface area contributed by atoms with Crippen LogP contribution in [0.5, 0.6) is 0 Å². The number of hydrogen-bond acceptors (Lipinski definition) is 4. The van der Waals surface area contributed by atoms with E-state index in [1.165, 1.54) is 11.3 Å². The second-order valence-corrected chi connectivity index (χ2v) is 8.42. The van der Waals surface area contributed by atoms with E-state index in [0.717, 1.165) is 37.6 Å². The molecule has 2 amide bonds. The third-order valence-corrected chi connectivity index (χ3v) is 5.84. The lowest BCUT2D eigenvalue weighted by atomic mass is 10.1. The molecule has 2 aliphatic heterocycles. The highest BCUT2D eigenvalue weighted by molar-refractivity contribution is 5.93. The van der Waals surface area contributed by atoms with Gasteiger partial charge in [-0.1, -0.05) is 24.3 Å². The Bertz CT molecular complexity index is 869. The van der Waals surface area contributed by atoms with Gasteiger partial charge in [0.15, 0.2) is 0 Å². The number of nitrogens with one attached hydrogen (secondary N) is 1. The number of piperazine rings is 1. The molecule has 0 bridgehead atoms. The van der Waals surface area contributed by atoms with Crippen molar-refractivity contribution in [1.82, 2.24) is 4.90 Å². The number of carbonyl (C=O) groups excluding carboxylic acids is 1. The van der Waals surface area contributed by atoms with Crippen LogP contribution in [0.1, 0.15) is 19.4 Å². The second kappa shape index (κ2) is 8.96. The van der Waals surface area contributed by atoms with E-state index in [0.29, 0.717) is 13.1 Å². The van der Waals surface area contributed by atoms with Crippen LogP contribution in [0, 0.1) is 6.92 Å². The predicted molar refractivity (Wildman–Crippen MR) is 123 cm³/mol. The Hall–Kier alpha value is -2.73. The number of aryl methyl sites for hydroxylation is 1. The fourth-order valence-corrected chi connectivity index (χ4v) is 4.42. The third kappa shape index (κ3) is 4.70. The first-order valence-corrected chi connectivity index (χ1v) is 10.9. The van der Waals surface area contributed by atoms with E-state index in [9.17, 15) is 4.79 Å². The number of para-hydroxylation sites is 2. The Kier molecular flexibility index (Phi) is 6.13. The van der Waals surface area contributed by atoms with Crippen molar-refractivity contribution >= 4 is 23.1 Å². The third-order valence-electron chi connectivity index (χ3n) is 5.84. The van der Waals surface area contributed by atoms with Crippen molar-refractivity contribution in [2.45, 2.75) is 33.0 Å². The lowest BCUT2D eigenvalue weighted by Crippen LogP contribution is -2.50. The molecule has 2 heterocycles. The molecule has 0 saturated carbocycles. The first-order chi connectivity index (χ1) is 14.5. The number of urea groups is 1. The average molecular weight is 409 g/mol. The van der Waals surface area contributed by atoms with E-state index in [2.05, 4.69) is 66.2 Å². The highest BCUT2D eigenvalue weighted by Gasteiger charge is 2.26. The van der Waals surface area contributed by atoms with Gasteiger partial charge in [-0.05, 0) is 50.6 Å². The second-order valence-electron chi connectivity index (χ2n) is 8.42. The molecule has 2 aromatic carbocycles. The largest absolute Gasteiger partial charge is 0.372 e. The number of hydrogen-bond donors (Lipinski definition) is 1. The number of benzene rings is 2. The molecular formula is C24H32N4O2. The number of anilines is 3. The maximum Gasteiger partial charge on any atom is 0.322 e. The summed E-state index contributed by atoms with van der Waals surface area (Å²) in [7, 11) is 0. The van der Waals surface area contributed by atoms with Gasteiger partial charge in [0.1, 0.15) is 0 Å². The number of nitrogens with zero attached hydrogens (tertiary/aromatic N) is 3. The van der Waals surface area contributed by atoms with Crippen molar-refractivity contribution < 1.29 is 9.53 Å². The van der Waals surface area contributed by atoms with E-state index in [-0.39, 0.29) is 18.2 Å². The van der Waals surface area contributed by atoms with E-state index in [1.807, 2.05) is 23.1 Å².